The summed E-state index contributed by atoms with van der Waals surface area (Å²) in [6.07, 6.45) is 11.4. The minimum absolute atomic E-state index is 0.120. The van der Waals surface area contributed by atoms with Crippen molar-refractivity contribution in [1.29, 1.82) is 0 Å². The zero-order chi connectivity index (χ0) is 13.0. The van der Waals surface area contributed by atoms with Crippen LogP contribution in [0.5, 0.6) is 0 Å². The van der Waals surface area contributed by atoms with Crippen molar-refractivity contribution in [3.8, 4) is 0 Å². The first-order valence-corrected chi connectivity index (χ1v) is 8.39. The molecule has 2 fully saturated rings. The molecular formula is C14H25NO2S. The summed E-state index contributed by atoms with van der Waals surface area (Å²) in [7, 11) is 0. The summed E-state index contributed by atoms with van der Waals surface area (Å²) in [5.74, 6) is -0.730. The van der Waals surface area contributed by atoms with Crippen LogP contribution in [-0.2, 0) is 4.79 Å². The van der Waals surface area contributed by atoms with Crippen LogP contribution >= 0.6 is 11.8 Å². The second-order valence-corrected chi connectivity index (χ2v) is 7.15. The van der Waals surface area contributed by atoms with E-state index >= 15 is 0 Å². The second kappa shape index (κ2) is 6.29. The van der Waals surface area contributed by atoms with Crippen LogP contribution in [0, 0.1) is 5.92 Å². The maximum absolute atomic E-state index is 11.0. The topological polar surface area (TPSA) is 49.3 Å². The Labute approximate surface area is 114 Å². The first kappa shape index (κ1) is 14.2. The van der Waals surface area contributed by atoms with Gasteiger partial charge in [-0.2, -0.15) is 11.8 Å². The van der Waals surface area contributed by atoms with Crippen molar-refractivity contribution in [2.75, 3.05) is 12.8 Å². The average Bonchev–Trinajstić information content (AvgIpc) is 2.86. The van der Waals surface area contributed by atoms with Gasteiger partial charge < -0.3 is 10.4 Å². The highest BCUT2D eigenvalue weighted by molar-refractivity contribution is 8.00. The summed E-state index contributed by atoms with van der Waals surface area (Å²) >= 11 is 2.00. The van der Waals surface area contributed by atoms with Crippen LogP contribution in [0.3, 0.4) is 0 Å². The van der Waals surface area contributed by atoms with Crippen molar-refractivity contribution in [2.45, 2.75) is 62.2 Å². The monoisotopic (exact) mass is 271 g/mol. The molecule has 0 aromatic rings. The molecule has 2 unspecified atom stereocenters. The van der Waals surface area contributed by atoms with Crippen LogP contribution in [0.1, 0.15) is 51.4 Å². The van der Waals surface area contributed by atoms with Gasteiger partial charge in [-0.05, 0) is 38.4 Å². The van der Waals surface area contributed by atoms with E-state index in [0.29, 0.717) is 10.8 Å². The lowest BCUT2D eigenvalue weighted by atomic mass is 9.85. The van der Waals surface area contributed by atoms with Crippen molar-refractivity contribution in [1.82, 2.24) is 5.32 Å². The predicted octanol–water partition coefficient (Wildman–Crippen LogP) is 2.90. The molecule has 2 N–H and O–H groups in total. The second-order valence-electron chi connectivity index (χ2n) is 5.87. The number of hydrogen-bond acceptors (Lipinski definition) is 3. The molecule has 0 saturated heterocycles. The number of carboxylic acid groups (broad SMARTS) is 1. The van der Waals surface area contributed by atoms with Gasteiger partial charge in [0.15, 0.2) is 0 Å². The molecular weight excluding hydrogens is 246 g/mol. The largest absolute Gasteiger partial charge is 0.481 e. The van der Waals surface area contributed by atoms with Gasteiger partial charge in [-0.3, -0.25) is 4.79 Å². The van der Waals surface area contributed by atoms with E-state index in [1.165, 1.54) is 25.7 Å². The summed E-state index contributed by atoms with van der Waals surface area (Å²) < 4.78 is 0.427. The van der Waals surface area contributed by atoms with Crippen LogP contribution in [-0.4, -0.2) is 34.7 Å². The Morgan fingerprint density at radius 2 is 2.06 bits per heavy atom. The molecule has 0 aromatic heterocycles. The Morgan fingerprint density at radius 3 is 2.67 bits per heavy atom. The molecule has 0 aliphatic heterocycles. The molecule has 2 rings (SSSR count). The third kappa shape index (κ3) is 3.41. The minimum atomic E-state index is -0.609. The number of thioether (sulfide) groups is 1. The summed E-state index contributed by atoms with van der Waals surface area (Å²) in [5, 5.41) is 12.8. The van der Waals surface area contributed by atoms with Crippen molar-refractivity contribution < 1.29 is 9.90 Å². The predicted molar refractivity (Wildman–Crippen MR) is 76.1 cm³/mol. The van der Waals surface area contributed by atoms with Crippen LogP contribution < -0.4 is 5.32 Å². The Morgan fingerprint density at radius 1 is 1.33 bits per heavy atom. The van der Waals surface area contributed by atoms with E-state index in [0.717, 1.165) is 32.2 Å². The number of aliphatic carboxylic acids is 1. The summed E-state index contributed by atoms with van der Waals surface area (Å²) in [5.41, 5.74) is 0. The highest BCUT2D eigenvalue weighted by Gasteiger charge is 2.34. The molecule has 3 nitrogen and oxygen atoms in total. The number of nitrogens with one attached hydrogen (secondary N) is 1. The molecule has 0 radical (unpaired) electrons. The van der Waals surface area contributed by atoms with Gasteiger partial charge in [-0.1, -0.05) is 19.3 Å². The molecule has 0 aromatic carbocycles. The van der Waals surface area contributed by atoms with Gasteiger partial charge in [0, 0.05) is 17.3 Å². The van der Waals surface area contributed by atoms with E-state index in [4.69, 9.17) is 5.11 Å². The SMILES string of the molecule is CSC1(CNC2CCCC(C(=O)O)C2)CCCC1. The highest BCUT2D eigenvalue weighted by atomic mass is 32.2. The molecule has 2 saturated carbocycles. The average molecular weight is 271 g/mol. The Balaban J connectivity index is 1.80. The van der Waals surface area contributed by atoms with E-state index in [2.05, 4.69) is 11.6 Å². The first-order valence-electron chi connectivity index (χ1n) is 7.16. The van der Waals surface area contributed by atoms with E-state index in [9.17, 15) is 4.79 Å². The lowest BCUT2D eigenvalue weighted by molar-refractivity contribution is -0.143. The molecule has 0 spiro atoms. The van der Waals surface area contributed by atoms with Gasteiger partial charge >= 0.3 is 5.97 Å². The fraction of sp³-hybridized carbons (Fsp3) is 0.929. The Bertz CT molecular complexity index is 290. The van der Waals surface area contributed by atoms with Gasteiger partial charge in [0.25, 0.3) is 0 Å². The number of carboxylic acids is 1. The zero-order valence-corrected chi connectivity index (χ0v) is 12.1. The molecule has 104 valence electrons. The van der Waals surface area contributed by atoms with Gasteiger partial charge in [0.1, 0.15) is 0 Å². The van der Waals surface area contributed by atoms with E-state index in [1.807, 2.05) is 11.8 Å². The molecule has 2 atom stereocenters. The summed E-state index contributed by atoms with van der Waals surface area (Å²) in [6.45, 7) is 1.06. The standard InChI is InChI=1S/C14H25NO2S/c1-18-14(7-2-3-8-14)10-15-12-6-4-5-11(9-12)13(16)17/h11-12,15H,2-10H2,1H3,(H,16,17). The van der Waals surface area contributed by atoms with Crippen LogP contribution in [0.2, 0.25) is 0 Å². The van der Waals surface area contributed by atoms with Gasteiger partial charge in [0.2, 0.25) is 0 Å². The fourth-order valence-electron chi connectivity index (χ4n) is 3.40. The number of rotatable bonds is 5. The quantitative estimate of drug-likeness (QED) is 0.807. The van der Waals surface area contributed by atoms with Crippen LogP contribution in [0.25, 0.3) is 0 Å². The van der Waals surface area contributed by atoms with Crippen molar-refractivity contribution >= 4 is 17.7 Å². The molecule has 4 heteroatoms. The van der Waals surface area contributed by atoms with E-state index < -0.39 is 5.97 Å². The van der Waals surface area contributed by atoms with E-state index in [1.54, 1.807) is 0 Å². The zero-order valence-electron chi connectivity index (χ0n) is 11.3. The molecule has 0 heterocycles. The van der Waals surface area contributed by atoms with Gasteiger partial charge in [-0.15, -0.1) is 0 Å². The Kier molecular flexibility index (Phi) is 4.96. The van der Waals surface area contributed by atoms with Crippen LogP contribution in [0.15, 0.2) is 0 Å². The lowest BCUT2D eigenvalue weighted by Gasteiger charge is -2.33. The molecule has 18 heavy (non-hydrogen) atoms. The third-order valence-electron chi connectivity index (χ3n) is 4.68. The van der Waals surface area contributed by atoms with E-state index in [-0.39, 0.29) is 5.92 Å². The maximum Gasteiger partial charge on any atom is 0.306 e. The molecule has 2 aliphatic carbocycles. The van der Waals surface area contributed by atoms with Crippen molar-refractivity contribution in [2.24, 2.45) is 5.92 Å². The Hall–Kier alpha value is -0.220. The molecule has 2 aliphatic rings. The minimum Gasteiger partial charge on any atom is -0.481 e. The first-order chi connectivity index (χ1) is 8.65. The van der Waals surface area contributed by atoms with Gasteiger partial charge in [-0.25, -0.2) is 0 Å². The highest BCUT2D eigenvalue weighted by Crippen LogP contribution is 2.40. The number of hydrogen-bond donors (Lipinski definition) is 2. The van der Waals surface area contributed by atoms with Crippen molar-refractivity contribution in [3.63, 3.8) is 0 Å². The lowest BCUT2D eigenvalue weighted by Crippen LogP contribution is -2.43. The van der Waals surface area contributed by atoms with Gasteiger partial charge in [0.05, 0.1) is 5.92 Å². The van der Waals surface area contributed by atoms with Crippen molar-refractivity contribution in [3.05, 3.63) is 0 Å². The molecule has 0 bridgehead atoms. The fourth-order valence-corrected chi connectivity index (χ4v) is 4.33. The third-order valence-corrected chi connectivity index (χ3v) is 6.10. The summed E-state index contributed by atoms with van der Waals surface area (Å²) in [4.78, 5) is 11.0. The van der Waals surface area contributed by atoms with Crippen LogP contribution in [0.4, 0.5) is 0 Å². The summed E-state index contributed by atoms with van der Waals surface area (Å²) in [6, 6.07) is 0.421. The maximum atomic E-state index is 11.0. The smallest absolute Gasteiger partial charge is 0.306 e. The molecule has 0 amide bonds. The number of carbonyl (C=O) groups is 1. The normalized spacial score (nSPS) is 31.4.